The highest BCUT2D eigenvalue weighted by Gasteiger charge is 2.19. The van der Waals surface area contributed by atoms with Crippen molar-refractivity contribution in [3.05, 3.63) is 0 Å². The van der Waals surface area contributed by atoms with Gasteiger partial charge in [0, 0.05) is 13.7 Å². The van der Waals surface area contributed by atoms with Crippen molar-refractivity contribution in [1.82, 2.24) is 5.32 Å². The van der Waals surface area contributed by atoms with Crippen molar-refractivity contribution in [2.45, 2.75) is 32.1 Å². The van der Waals surface area contributed by atoms with Crippen LogP contribution >= 0.6 is 0 Å². The zero-order valence-electron chi connectivity index (χ0n) is 8.14. The Morgan fingerprint density at radius 1 is 1.25 bits per heavy atom. The van der Waals surface area contributed by atoms with Crippen molar-refractivity contribution in [3.8, 4) is 0 Å². The van der Waals surface area contributed by atoms with Gasteiger partial charge in [-0.25, -0.2) is 0 Å². The number of hydrogen-bond acceptors (Lipinski definition) is 2. The van der Waals surface area contributed by atoms with Gasteiger partial charge in [-0.05, 0) is 38.3 Å². The first-order valence-corrected chi connectivity index (χ1v) is 5.13. The van der Waals surface area contributed by atoms with E-state index in [2.05, 4.69) is 5.32 Å². The molecule has 1 N–H and O–H groups in total. The van der Waals surface area contributed by atoms with Crippen molar-refractivity contribution in [3.63, 3.8) is 0 Å². The average Bonchev–Trinajstić information content (AvgIpc) is 2.87. The Labute approximate surface area is 75.7 Å². The van der Waals surface area contributed by atoms with E-state index in [0.717, 1.165) is 19.1 Å². The minimum absolute atomic E-state index is 0.907. The van der Waals surface area contributed by atoms with Gasteiger partial charge in [-0.15, -0.1) is 0 Å². The maximum absolute atomic E-state index is 4.97. The molecule has 0 aromatic carbocycles. The summed E-state index contributed by atoms with van der Waals surface area (Å²) >= 11 is 0. The van der Waals surface area contributed by atoms with Crippen LogP contribution in [0.4, 0.5) is 0 Å². The third-order valence-electron chi connectivity index (χ3n) is 2.38. The van der Waals surface area contributed by atoms with Gasteiger partial charge >= 0.3 is 0 Å². The lowest BCUT2D eigenvalue weighted by atomic mass is 10.3. The average molecular weight is 171 g/mol. The number of rotatable bonds is 8. The van der Waals surface area contributed by atoms with E-state index in [-0.39, 0.29) is 0 Å². The monoisotopic (exact) mass is 171 g/mol. The molecule has 0 bridgehead atoms. The molecule has 0 aromatic rings. The summed E-state index contributed by atoms with van der Waals surface area (Å²) in [5.41, 5.74) is 0. The SMILES string of the molecule is COCCCCNCCC1CC1. The van der Waals surface area contributed by atoms with Gasteiger partial charge in [-0.3, -0.25) is 0 Å². The Morgan fingerprint density at radius 2 is 2.08 bits per heavy atom. The Kier molecular flexibility index (Phi) is 5.37. The molecule has 1 fully saturated rings. The van der Waals surface area contributed by atoms with Crippen molar-refractivity contribution in [1.29, 1.82) is 0 Å². The van der Waals surface area contributed by atoms with Gasteiger partial charge in [0.1, 0.15) is 0 Å². The molecular weight excluding hydrogens is 150 g/mol. The smallest absolute Gasteiger partial charge is 0.0462 e. The van der Waals surface area contributed by atoms with E-state index in [1.54, 1.807) is 7.11 Å². The Hall–Kier alpha value is -0.0800. The summed E-state index contributed by atoms with van der Waals surface area (Å²) in [4.78, 5) is 0. The maximum atomic E-state index is 4.97. The summed E-state index contributed by atoms with van der Waals surface area (Å²) in [6.45, 7) is 3.29. The number of unbranched alkanes of at least 4 members (excludes halogenated alkanes) is 1. The quantitative estimate of drug-likeness (QED) is 0.562. The highest BCUT2D eigenvalue weighted by Crippen LogP contribution is 2.31. The first kappa shape index (κ1) is 10.0. The molecule has 0 aliphatic heterocycles. The fourth-order valence-electron chi connectivity index (χ4n) is 1.33. The Morgan fingerprint density at radius 3 is 2.75 bits per heavy atom. The second-order valence-electron chi connectivity index (χ2n) is 3.68. The maximum Gasteiger partial charge on any atom is 0.0462 e. The van der Waals surface area contributed by atoms with Crippen LogP contribution < -0.4 is 5.32 Å². The fourth-order valence-corrected chi connectivity index (χ4v) is 1.33. The molecule has 0 unspecified atom stereocenters. The number of nitrogens with one attached hydrogen (secondary N) is 1. The lowest BCUT2D eigenvalue weighted by Crippen LogP contribution is -2.17. The molecule has 12 heavy (non-hydrogen) atoms. The summed E-state index contributed by atoms with van der Waals surface area (Å²) in [5, 5.41) is 3.46. The number of ether oxygens (including phenoxy) is 1. The van der Waals surface area contributed by atoms with Gasteiger partial charge in [-0.2, -0.15) is 0 Å². The molecule has 2 nitrogen and oxygen atoms in total. The molecule has 0 heterocycles. The summed E-state index contributed by atoms with van der Waals surface area (Å²) in [5.74, 6) is 1.07. The van der Waals surface area contributed by atoms with Crippen LogP contribution in [0.3, 0.4) is 0 Å². The van der Waals surface area contributed by atoms with E-state index < -0.39 is 0 Å². The number of hydrogen-bond donors (Lipinski definition) is 1. The normalized spacial score (nSPS) is 16.8. The van der Waals surface area contributed by atoms with Crippen LogP contribution in [-0.4, -0.2) is 26.8 Å². The summed E-state index contributed by atoms with van der Waals surface area (Å²) in [6.07, 6.45) is 6.78. The van der Waals surface area contributed by atoms with Gasteiger partial charge in [0.25, 0.3) is 0 Å². The molecule has 0 radical (unpaired) electrons. The molecule has 1 aliphatic rings. The van der Waals surface area contributed by atoms with Crippen LogP contribution in [0.2, 0.25) is 0 Å². The molecule has 0 amide bonds. The number of methoxy groups -OCH3 is 1. The first-order valence-electron chi connectivity index (χ1n) is 5.13. The highest BCUT2D eigenvalue weighted by atomic mass is 16.5. The summed E-state index contributed by atoms with van der Waals surface area (Å²) < 4.78 is 4.97. The summed E-state index contributed by atoms with van der Waals surface area (Å²) in [7, 11) is 1.76. The van der Waals surface area contributed by atoms with Crippen LogP contribution in [-0.2, 0) is 4.74 Å². The van der Waals surface area contributed by atoms with Crippen LogP contribution in [0.1, 0.15) is 32.1 Å². The van der Waals surface area contributed by atoms with Crippen LogP contribution in [0.5, 0.6) is 0 Å². The lowest BCUT2D eigenvalue weighted by Gasteiger charge is -2.02. The molecular formula is C10H21NO. The van der Waals surface area contributed by atoms with Crippen LogP contribution in [0.15, 0.2) is 0 Å². The minimum Gasteiger partial charge on any atom is -0.385 e. The predicted molar refractivity (Wildman–Crippen MR) is 51.3 cm³/mol. The van der Waals surface area contributed by atoms with E-state index >= 15 is 0 Å². The van der Waals surface area contributed by atoms with E-state index in [4.69, 9.17) is 4.74 Å². The fraction of sp³-hybridized carbons (Fsp3) is 1.00. The zero-order chi connectivity index (χ0) is 8.65. The standard InChI is InChI=1S/C10H21NO/c1-12-9-3-2-7-11-8-6-10-4-5-10/h10-11H,2-9H2,1H3. The predicted octanol–water partition coefficient (Wildman–Crippen LogP) is 1.80. The molecule has 0 saturated heterocycles. The molecule has 1 aliphatic carbocycles. The third kappa shape index (κ3) is 5.56. The zero-order valence-corrected chi connectivity index (χ0v) is 8.14. The van der Waals surface area contributed by atoms with Crippen molar-refractivity contribution < 1.29 is 4.74 Å². The topological polar surface area (TPSA) is 21.3 Å². The first-order chi connectivity index (χ1) is 5.93. The second kappa shape index (κ2) is 6.44. The second-order valence-corrected chi connectivity index (χ2v) is 3.68. The molecule has 2 heteroatoms. The minimum atomic E-state index is 0.907. The van der Waals surface area contributed by atoms with E-state index in [0.29, 0.717) is 0 Å². The van der Waals surface area contributed by atoms with Crippen molar-refractivity contribution in [2.24, 2.45) is 5.92 Å². The molecule has 1 rings (SSSR count). The molecule has 1 saturated carbocycles. The highest BCUT2D eigenvalue weighted by molar-refractivity contribution is 4.73. The summed E-state index contributed by atoms with van der Waals surface area (Å²) in [6, 6.07) is 0. The van der Waals surface area contributed by atoms with Gasteiger partial charge in [0.2, 0.25) is 0 Å². The van der Waals surface area contributed by atoms with E-state index in [9.17, 15) is 0 Å². The van der Waals surface area contributed by atoms with Gasteiger partial charge < -0.3 is 10.1 Å². The lowest BCUT2D eigenvalue weighted by molar-refractivity contribution is 0.192. The van der Waals surface area contributed by atoms with Gasteiger partial charge in [0.15, 0.2) is 0 Å². The Balaban J connectivity index is 1.65. The van der Waals surface area contributed by atoms with E-state index in [1.165, 1.54) is 38.6 Å². The van der Waals surface area contributed by atoms with Crippen molar-refractivity contribution in [2.75, 3.05) is 26.8 Å². The molecule has 0 aromatic heterocycles. The van der Waals surface area contributed by atoms with Crippen LogP contribution in [0, 0.1) is 5.92 Å². The van der Waals surface area contributed by atoms with Gasteiger partial charge in [-0.1, -0.05) is 12.8 Å². The third-order valence-corrected chi connectivity index (χ3v) is 2.38. The largest absolute Gasteiger partial charge is 0.385 e. The van der Waals surface area contributed by atoms with Crippen LogP contribution in [0.25, 0.3) is 0 Å². The van der Waals surface area contributed by atoms with E-state index in [1.807, 2.05) is 0 Å². The van der Waals surface area contributed by atoms with Gasteiger partial charge in [0.05, 0.1) is 0 Å². The molecule has 0 atom stereocenters. The molecule has 0 spiro atoms. The Bertz CT molecular complexity index is 102. The molecule has 72 valence electrons. The van der Waals surface area contributed by atoms with Crippen molar-refractivity contribution >= 4 is 0 Å².